The van der Waals surface area contributed by atoms with Crippen LogP contribution in [0.4, 0.5) is 0 Å². The maximum atomic E-state index is 12.2. The fourth-order valence-electron chi connectivity index (χ4n) is 2.42. The fraction of sp³-hybridized carbons (Fsp3) is 0.571. The number of nitrogens with one attached hydrogen (secondary N) is 2. The SMILES string of the molecule is CSc1cccc(S(=O)(=O)NCCC2CCCNC2)c1.Cl. The predicted octanol–water partition coefficient (Wildman–Crippen LogP) is 2.50. The average molecular weight is 351 g/mol. The lowest BCUT2D eigenvalue weighted by atomic mass is 9.96. The van der Waals surface area contributed by atoms with Gasteiger partial charge in [0.2, 0.25) is 10.0 Å². The Morgan fingerprint density at radius 1 is 1.43 bits per heavy atom. The maximum Gasteiger partial charge on any atom is 0.240 e. The first kappa shape index (κ1) is 18.8. The monoisotopic (exact) mass is 350 g/mol. The molecule has 1 unspecified atom stereocenters. The first-order valence-electron chi connectivity index (χ1n) is 6.96. The van der Waals surface area contributed by atoms with Crippen LogP contribution >= 0.6 is 24.2 Å². The van der Waals surface area contributed by atoms with Gasteiger partial charge in [0.05, 0.1) is 4.90 Å². The molecule has 0 aromatic heterocycles. The van der Waals surface area contributed by atoms with Crippen molar-refractivity contribution in [1.29, 1.82) is 0 Å². The van der Waals surface area contributed by atoms with Crippen LogP contribution in [-0.4, -0.2) is 34.3 Å². The van der Waals surface area contributed by atoms with E-state index in [-0.39, 0.29) is 12.4 Å². The van der Waals surface area contributed by atoms with Crippen molar-refractivity contribution in [2.45, 2.75) is 29.1 Å². The van der Waals surface area contributed by atoms with E-state index in [1.807, 2.05) is 12.3 Å². The Labute approximate surface area is 137 Å². The van der Waals surface area contributed by atoms with Crippen molar-refractivity contribution < 1.29 is 8.42 Å². The predicted molar refractivity (Wildman–Crippen MR) is 90.9 cm³/mol. The zero-order valence-corrected chi connectivity index (χ0v) is 14.6. The van der Waals surface area contributed by atoms with E-state index in [1.54, 1.807) is 30.0 Å². The van der Waals surface area contributed by atoms with Gasteiger partial charge in [-0.15, -0.1) is 24.2 Å². The molecule has 120 valence electrons. The van der Waals surface area contributed by atoms with Crippen LogP contribution in [0.5, 0.6) is 0 Å². The van der Waals surface area contributed by atoms with Gasteiger partial charge in [0.25, 0.3) is 0 Å². The molecule has 4 nitrogen and oxygen atoms in total. The van der Waals surface area contributed by atoms with E-state index in [9.17, 15) is 8.42 Å². The van der Waals surface area contributed by atoms with Crippen LogP contribution < -0.4 is 10.0 Å². The fourth-order valence-corrected chi connectivity index (χ4v) is 4.05. The highest BCUT2D eigenvalue weighted by molar-refractivity contribution is 7.98. The smallest absolute Gasteiger partial charge is 0.240 e. The molecule has 0 amide bonds. The molecule has 1 atom stereocenters. The average Bonchev–Trinajstić information content (AvgIpc) is 2.48. The summed E-state index contributed by atoms with van der Waals surface area (Å²) in [4.78, 5) is 1.32. The summed E-state index contributed by atoms with van der Waals surface area (Å²) in [7, 11) is -3.38. The summed E-state index contributed by atoms with van der Waals surface area (Å²) in [6, 6.07) is 7.06. The van der Waals surface area contributed by atoms with E-state index in [0.29, 0.717) is 17.4 Å². The Bertz CT molecular complexity index is 532. The topological polar surface area (TPSA) is 58.2 Å². The normalized spacial score (nSPS) is 19.0. The van der Waals surface area contributed by atoms with Gasteiger partial charge in [0.15, 0.2) is 0 Å². The quantitative estimate of drug-likeness (QED) is 0.774. The van der Waals surface area contributed by atoms with Crippen LogP contribution in [0.1, 0.15) is 19.3 Å². The van der Waals surface area contributed by atoms with Crippen molar-refractivity contribution >= 4 is 34.2 Å². The van der Waals surface area contributed by atoms with Crippen molar-refractivity contribution in [3.8, 4) is 0 Å². The van der Waals surface area contributed by atoms with Crippen molar-refractivity contribution in [2.24, 2.45) is 5.92 Å². The summed E-state index contributed by atoms with van der Waals surface area (Å²) in [5.41, 5.74) is 0. The zero-order chi connectivity index (χ0) is 14.4. The Balaban J connectivity index is 0.00000220. The summed E-state index contributed by atoms with van der Waals surface area (Å²) in [6.45, 7) is 2.60. The minimum Gasteiger partial charge on any atom is -0.316 e. The molecule has 1 saturated heterocycles. The number of hydrogen-bond donors (Lipinski definition) is 2. The molecule has 1 aromatic rings. The first-order valence-corrected chi connectivity index (χ1v) is 9.67. The molecule has 0 spiro atoms. The molecule has 0 saturated carbocycles. The highest BCUT2D eigenvalue weighted by atomic mass is 35.5. The van der Waals surface area contributed by atoms with Crippen molar-refractivity contribution in [3.63, 3.8) is 0 Å². The van der Waals surface area contributed by atoms with Crippen molar-refractivity contribution in [3.05, 3.63) is 24.3 Å². The molecule has 1 aliphatic heterocycles. The lowest BCUT2D eigenvalue weighted by Gasteiger charge is -2.22. The van der Waals surface area contributed by atoms with Crippen LogP contribution in [0.25, 0.3) is 0 Å². The Hall–Kier alpha value is -0.270. The summed E-state index contributed by atoms with van der Waals surface area (Å²) in [6.07, 6.45) is 5.22. The van der Waals surface area contributed by atoms with Gasteiger partial charge in [-0.1, -0.05) is 6.07 Å². The van der Waals surface area contributed by atoms with E-state index < -0.39 is 10.0 Å². The highest BCUT2D eigenvalue weighted by Crippen LogP contribution is 2.19. The lowest BCUT2D eigenvalue weighted by molar-refractivity contribution is 0.358. The molecule has 2 N–H and O–H groups in total. The van der Waals surface area contributed by atoms with E-state index in [1.165, 1.54) is 12.8 Å². The van der Waals surface area contributed by atoms with Crippen molar-refractivity contribution in [2.75, 3.05) is 25.9 Å². The molecule has 0 aliphatic carbocycles. The second-order valence-electron chi connectivity index (χ2n) is 5.08. The second-order valence-corrected chi connectivity index (χ2v) is 7.72. The van der Waals surface area contributed by atoms with Crippen LogP contribution in [0.3, 0.4) is 0 Å². The minimum atomic E-state index is -3.38. The molecule has 1 aliphatic rings. The number of rotatable bonds is 6. The molecule has 0 bridgehead atoms. The maximum absolute atomic E-state index is 12.2. The van der Waals surface area contributed by atoms with E-state index >= 15 is 0 Å². The van der Waals surface area contributed by atoms with Crippen molar-refractivity contribution in [1.82, 2.24) is 10.0 Å². The lowest BCUT2D eigenvalue weighted by Crippen LogP contribution is -2.33. The van der Waals surface area contributed by atoms with Gasteiger partial charge in [-0.25, -0.2) is 13.1 Å². The molecule has 1 fully saturated rings. The second kappa shape index (κ2) is 9.00. The molecule has 1 heterocycles. The minimum absolute atomic E-state index is 0. The van der Waals surface area contributed by atoms with Gasteiger partial charge < -0.3 is 5.32 Å². The molecular weight excluding hydrogens is 328 g/mol. The number of hydrogen-bond acceptors (Lipinski definition) is 4. The van der Waals surface area contributed by atoms with Gasteiger partial charge in [0.1, 0.15) is 0 Å². The largest absolute Gasteiger partial charge is 0.316 e. The third-order valence-corrected chi connectivity index (χ3v) is 5.78. The Morgan fingerprint density at radius 3 is 2.90 bits per heavy atom. The molecular formula is C14H23ClN2O2S2. The van der Waals surface area contributed by atoms with E-state index in [2.05, 4.69) is 10.0 Å². The molecule has 0 radical (unpaired) electrons. The summed E-state index contributed by atoms with van der Waals surface area (Å²) < 4.78 is 27.1. The summed E-state index contributed by atoms with van der Waals surface area (Å²) >= 11 is 1.55. The molecule has 21 heavy (non-hydrogen) atoms. The standard InChI is InChI=1S/C14H22N2O2S2.ClH/c1-19-13-5-2-6-14(10-13)20(17,18)16-9-7-12-4-3-8-15-11-12;/h2,5-6,10,12,15-16H,3-4,7-9,11H2,1H3;1H. The number of sulfonamides is 1. The van der Waals surface area contributed by atoms with Crippen LogP contribution in [0.15, 0.2) is 34.1 Å². The van der Waals surface area contributed by atoms with Crippen LogP contribution in [0.2, 0.25) is 0 Å². The van der Waals surface area contributed by atoms with Gasteiger partial charge >= 0.3 is 0 Å². The van der Waals surface area contributed by atoms with Gasteiger partial charge in [-0.3, -0.25) is 0 Å². The first-order chi connectivity index (χ1) is 9.62. The number of benzene rings is 1. The third-order valence-electron chi connectivity index (χ3n) is 3.60. The number of halogens is 1. The third kappa shape index (κ3) is 5.79. The van der Waals surface area contributed by atoms with E-state index in [0.717, 1.165) is 24.4 Å². The zero-order valence-electron chi connectivity index (χ0n) is 12.2. The summed E-state index contributed by atoms with van der Waals surface area (Å²) in [5.74, 6) is 0.587. The summed E-state index contributed by atoms with van der Waals surface area (Å²) in [5, 5.41) is 3.35. The van der Waals surface area contributed by atoms with Gasteiger partial charge in [0, 0.05) is 11.4 Å². The van der Waals surface area contributed by atoms with Gasteiger partial charge in [-0.2, -0.15) is 0 Å². The van der Waals surface area contributed by atoms with Gasteiger partial charge in [-0.05, 0) is 62.7 Å². The van der Waals surface area contributed by atoms with E-state index in [4.69, 9.17) is 0 Å². The Kier molecular flexibility index (Phi) is 8.05. The number of piperidine rings is 1. The van der Waals surface area contributed by atoms with Crippen LogP contribution in [-0.2, 0) is 10.0 Å². The molecule has 1 aromatic carbocycles. The Morgan fingerprint density at radius 2 is 2.24 bits per heavy atom. The molecule has 2 rings (SSSR count). The van der Waals surface area contributed by atoms with Crippen LogP contribution in [0, 0.1) is 5.92 Å². The molecule has 7 heteroatoms. The number of thioether (sulfide) groups is 1. The highest BCUT2D eigenvalue weighted by Gasteiger charge is 2.16.